The van der Waals surface area contributed by atoms with Gasteiger partial charge in [-0.3, -0.25) is 9.52 Å². The molecule has 2 rings (SSSR count). The lowest BCUT2D eigenvalue weighted by atomic mass is 10.1. The topological polar surface area (TPSA) is 93.7 Å². The first-order chi connectivity index (χ1) is 14.2. The number of anilines is 2. The van der Waals surface area contributed by atoms with Crippen LogP contribution in [0.3, 0.4) is 0 Å². The molecule has 0 radical (unpaired) electrons. The first kappa shape index (κ1) is 23.5. The Morgan fingerprint density at radius 1 is 1.03 bits per heavy atom. The Labute approximate surface area is 178 Å². The molecule has 0 aliphatic carbocycles. The number of hydrogen-bond donors (Lipinski definition) is 2. The number of amides is 1. The molecule has 2 aromatic carbocycles. The molecule has 164 valence electrons. The highest BCUT2D eigenvalue weighted by molar-refractivity contribution is 7.92. The van der Waals surface area contributed by atoms with E-state index < -0.39 is 10.0 Å². The van der Waals surface area contributed by atoms with Gasteiger partial charge in [-0.2, -0.15) is 0 Å². The Kier molecular flexibility index (Phi) is 8.53. The fourth-order valence-corrected chi connectivity index (χ4v) is 3.40. The van der Waals surface area contributed by atoms with E-state index in [1.165, 1.54) is 7.11 Å². The maximum Gasteiger partial charge on any atom is 0.232 e. The Morgan fingerprint density at radius 3 is 2.50 bits per heavy atom. The van der Waals surface area contributed by atoms with E-state index in [0.717, 1.165) is 23.3 Å². The standard InChI is InChI=1S/C22H30N2O5S/c1-5-30(26,27)24-19-12-11-18(15-21(19)28-4)23-22(25)8-6-7-13-29-20-14-16(2)9-10-17(20)3/h9-12,14-15,24H,5-8,13H2,1-4H3,(H,23,25). The van der Waals surface area contributed by atoms with Gasteiger partial charge >= 0.3 is 0 Å². The molecule has 2 aromatic rings. The SMILES string of the molecule is CCS(=O)(=O)Nc1ccc(NC(=O)CCCCOc2cc(C)ccc2C)cc1OC. The monoisotopic (exact) mass is 434 g/mol. The second-order valence-corrected chi connectivity index (χ2v) is 9.05. The first-order valence-corrected chi connectivity index (χ1v) is 11.6. The van der Waals surface area contributed by atoms with Crippen LogP contribution < -0.4 is 19.5 Å². The van der Waals surface area contributed by atoms with Gasteiger partial charge in [0.25, 0.3) is 0 Å². The predicted molar refractivity (Wildman–Crippen MR) is 120 cm³/mol. The molecule has 0 bridgehead atoms. The van der Waals surface area contributed by atoms with Crippen LogP contribution in [-0.2, 0) is 14.8 Å². The van der Waals surface area contributed by atoms with Gasteiger partial charge in [-0.15, -0.1) is 0 Å². The lowest BCUT2D eigenvalue weighted by molar-refractivity contribution is -0.116. The van der Waals surface area contributed by atoms with E-state index in [9.17, 15) is 13.2 Å². The van der Waals surface area contributed by atoms with Gasteiger partial charge in [0.15, 0.2) is 0 Å². The second kappa shape index (κ2) is 10.9. The zero-order valence-corrected chi connectivity index (χ0v) is 18.8. The largest absolute Gasteiger partial charge is 0.494 e. The van der Waals surface area contributed by atoms with Gasteiger partial charge in [-0.25, -0.2) is 8.42 Å². The number of aryl methyl sites for hydroxylation is 2. The minimum absolute atomic E-state index is 0.0399. The number of carbonyl (C=O) groups is 1. The van der Waals surface area contributed by atoms with Crippen LogP contribution >= 0.6 is 0 Å². The van der Waals surface area contributed by atoms with Gasteiger partial charge in [0.05, 0.1) is 25.2 Å². The van der Waals surface area contributed by atoms with Crippen LogP contribution in [0.25, 0.3) is 0 Å². The Bertz CT molecular complexity index is 973. The molecule has 8 heteroatoms. The minimum Gasteiger partial charge on any atom is -0.494 e. The van der Waals surface area contributed by atoms with Crippen molar-refractivity contribution in [3.63, 3.8) is 0 Å². The van der Waals surface area contributed by atoms with Crippen molar-refractivity contribution in [2.24, 2.45) is 0 Å². The number of methoxy groups -OCH3 is 1. The van der Waals surface area contributed by atoms with Crippen LogP contribution in [0.1, 0.15) is 37.3 Å². The van der Waals surface area contributed by atoms with Crippen molar-refractivity contribution in [1.82, 2.24) is 0 Å². The van der Waals surface area contributed by atoms with Crippen molar-refractivity contribution < 1.29 is 22.7 Å². The molecule has 1 amide bonds. The molecule has 2 N–H and O–H groups in total. The maximum absolute atomic E-state index is 12.2. The van der Waals surface area contributed by atoms with Gasteiger partial charge in [0, 0.05) is 18.2 Å². The fraction of sp³-hybridized carbons (Fsp3) is 0.409. The van der Waals surface area contributed by atoms with E-state index in [2.05, 4.69) is 10.0 Å². The number of rotatable bonds is 11. The molecule has 7 nitrogen and oxygen atoms in total. The molecule has 30 heavy (non-hydrogen) atoms. The number of benzene rings is 2. The molecule has 0 saturated carbocycles. The average molecular weight is 435 g/mol. The molecule has 0 aromatic heterocycles. The first-order valence-electron chi connectivity index (χ1n) is 9.92. The lowest BCUT2D eigenvalue weighted by Crippen LogP contribution is -2.16. The number of sulfonamides is 1. The van der Waals surface area contributed by atoms with Crippen LogP contribution in [0.5, 0.6) is 11.5 Å². The summed E-state index contributed by atoms with van der Waals surface area (Å²) in [6.07, 6.45) is 1.83. The summed E-state index contributed by atoms with van der Waals surface area (Å²) < 4.78 is 37.0. The molecular formula is C22H30N2O5S. The molecule has 0 unspecified atom stereocenters. The highest BCUT2D eigenvalue weighted by atomic mass is 32.2. The summed E-state index contributed by atoms with van der Waals surface area (Å²) in [6.45, 7) is 6.14. The zero-order valence-electron chi connectivity index (χ0n) is 17.9. The third kappa shape index (κ3) is 7.26. The van der Waals surface area contributed by atoms with Crippen LogP contribution in [0, 0.1) is 13.8 Å². The van der Waals surface area contributed by atoms with Crippen molar-refractivity contribution in [1.29, 1.82) is 0 Å². The summed E-state index contributed by atoms with van der Waals surface area (Å²) in [5.41, 5.74) is 3.12. The zero-order chi connectivity index (χ0) is 22.1. The van der Waals surface area contributed by atoms with Gasteiger partial charge in [0.2, 0.25) is 15.9 Å². The van der Waals surface area contributed by atoms with Gasteiger partial charge < -0.3 is 14.8 Å². The van der Waals surface area contributed by atoms with E-state index >= 15 is 0 Å². The van der Waals surface area contributed by atoms with E-state index in [0.29, 0.717) is 36.6 Å². The summed E-state index contributed by atoms with van der Waals surface area (Å²) >= 11 is 0. The molecule has 0 fully saturated rings. The summed E-state index contributed by atoms with van der Waals surface area (Å²) in [5.74, 6) is 1.06. The van der Waals surface area contributed by atoms with E-state index in [-0.39, 0.29) is 11.7 Å². The molecule has 0 aliphatic heterocycles. The van der Waals surface area contributed by atoms with Gasteiger partial charge in [-0.05, 0) is 62.9 Å². The second-order valence-electron chi connectivity index (χ2n) is 7.04. The maximum atomic E-state index is 12.2. The number of ether oxygens (including phenoxy) is 2. The van der Waals surface area contributed by atoms with Crippen molar-refractivity contribution in [2.75, 3.05) is 29.5 Å². The van der Waals surface area contributed by atoms with Gasteiger partial charge in [0.1, 0.15) is 11.5 Å². The number of hydrogen-bond acceptors (Lipinski definition) is 5. The van der Waals surface area contributed by atoms with Crippen molar-refractivity contribution in [3.05, 3.63) is 47.5 Å². The summed E-state index contributed by atoms with van der Waals surface area (Å²) in [4.78, 5) is 12.2. The van der Waals surface area contributed by atoms with E-state index in [4.69, 9.17) is 9.47 Å². The van der Waals surface area contributed by atoms with Crippen LogP contribution in [0.2, 0.25) is 0 Å². The highest BCUT2D eigenvalue weighted by Gasteiger charge is 2.12. The lowest BCUT2D eigenvalue weighted by Gasteiger charge is -2.13. The Hall–Kier alpha value is -2.74. The molecule has 0 spiro atoms. The Morgan fingerprint density at radius 2 is 1.80 bits per heavy atom. The molecule has 0 heterocycles. The smallest absolute Gasteiger partial charge is 0.232 e. The van der Waals surface area contributed by atoms with Crippen molar-refractivity contribution in [2.45, 2.75) is 40.0 Å². The van der Waals surface area contributed by atoms with Gasteiger partial charge in [-0.1, -0.05) is 12.1 Å². The number of carbonyl (C=O) groups excluding carboxylic acids is 1. The van der Waals surface area contributed by atoms with E-state index in [1.807, 2.05) is 32.0 Å². The predicted octanol–water partition coefficient (Wildman–Crippen LogP) is 4.26. The third-order valence-corrected chi connectivity index (χ3v) is 5.82. The summed E-state index contributed by atoms with van der Waals surface area (Å²) in [6, 6.07) is 10.9. The minimum atomic E-state index is -3.41. The van der Waals surface area contributed by atoms with Crippen LogP contribution in [0.15, 0.2) is 36.4 Å². The molecule has 0 atom stereocenters. The molecular weight excluding hydrogens is 404 g/mol. The number of nitrogens with one attached hydrogen (secondary N) is 2. The summed E-state index contributed by atoms with van der Waals surface area (Å²) in [5, 5.41) is 2.81. The molecule has 0 saturated heterocycles. The van der Waals surface area contributed by atoms with Crippen LogP contribution in [0.4, 0.5) is 11.4 Å². The normalized spacial score (nSPS) is 11.1. The van der Waals surface area contributed by atoms with E-state index in [1.54, 1.807) is 25.1 Å². The molecule has 0 aliphatic rings. The third-order valence-electron chi connectivity index (χ3n) is 4.53. The van der Waals surface area contributed by atoms with Crippen molar-refractivity contribution >= 4 is 27.3 Å². The Balaban J connectivity index is 1.81. The quantitative estimate of drug-likeness (QED) is 0.516. The number of unbranched alkanes of at least 4 members (excludes halogenated alkanes) is 1. The average Bonchev–Trinajstić information content (AvgIpc) is 2.71. The fourth-order valence-electron chi connectivity index (χ4n) is 2.75. The van der Waals surface area contributed by atoms with Crippen molar-refractivity contribution in [3.8, 4) is 11.5 Å². The van der Waals surface area contributed by atoms with Crippen LogP contribution in [-0.4, -0.2) is 33.8 Å². The summed E-state index contributed by atoms with van der Waals surface area (Å²) in [7, 11) is -1.97. The highest BCUT2D eigenvalue weighted by Crippen LogP contribution is 2.29.